The Morgan fingerprint density at radius 1 is 0.744 bits per heavy atom. The highest BCUT2D eigenvalue weighted by atomic mass is 16.5. The van der Waals surface area contributed by atoms with Gasteiger partial charge in [0.2, 0.25) is 0 Å². The van der Waals surface area contributed by atoms with Crippen LogP contribution in [-0.4, -0.2) is 10.7 Å². The van der Waals surface area contributed by atoms with E-state index in [1.54, 1.807) is 0 Å². The molecule has 9 rings (SSSR count). The number of fused-ring (bicyclic) bond motifs is 9. The van der Waals surface area contributed by atoms with Crippen molar-refractivity contribution in [2.75, 3.05) is 0 Å². The van der Waals surface area contributed by atoms with Crippen molar-refractivity contribution in [3.05, 3.63) is 149 Å². The molecule has 0 spiro atoms. The van der Waals surface area contributed by atoms with Gasteiger partial charge in [-0.05, 0) is 76.4 Å². The van der Waals surface area contributed by atoms with Gasteiger partial charge < -0.3 is 9.30 Å². The van der Waals surface area contributed by atoms with Gasteiger partial charge in [0.05, 0.1) is 28.4 Å². The first kappa shape index (κ1) is 24.3. The number of hydrogen-bond acceptors (Lipinski definition) is 2. The van der Waals surface area contributed by atoms with Gasteiger partial charge in [0.1, 0.15) is 11.9 Å². The van der Waals surface area contributed by atoms with Crippen LogP contribution in [-0.2, 0) is 5.41 Å². The van der Waals surface area contributed by atoms with E-state index >= 15 is 0 Å². The number of para-hydroxylation sites is 2. The molecule has 1 aliphatic heterocycles. The summed E-state index contributed by atoms with van der Waals surface area (Å²) < 4.78 is 8.93. The summed E-state index contributed by atoms with van der Waals surface area (Å²) in [6, 6.07) is 39.0. The van der Waals surface area contributed by atoms with E-state index in [4.69, 9.17) is 4.74 Å². The van der Waals surface area contributed by atoms with Gasteiger partial charge in [0, 0.05) is 33.2 Å². The molecule has 2 unspecified atom stereocenters. The zero-order valence-corrected chi connectivity index (χ0v) is 24.0. The fourth-order valence-electron chi connectivity index (χ4n) is 7.69. The second kappa shape index (κ2) is 8.60. The van der Waals surface area contributed by atoms with Gasteiger partial charge in [-0.2, -0.15) is 5.26 Å². The fraction of sp³-hybridized carbons (Fsp3) is 0.125. The van der Waals surface area contributed by atoms with Crippen LogP contribution in [0.4, 0.5) is 0 Å². The predicted molar refractivity (Wildman–Crippen MR) is 174 cm³/mol. The third-order valence-electron chi connectivity index (χ3n) is 9.77. The second-order valence-corrected chi connectivity index (χ2v) is 12.4. The van der Waals surface area contributed by atoms with E-state index in [1.807, 2.05) is 12.1 Å². The zero-order chi connectivity index (χ0) is 28.9. The van der Waals surface area contributed by atoms with E-state index < -0.39 is 0 Å². The number of aromatic nitrogens is 1. The molecule has 0 radical (unpaired) electrons. The summed E-state index contributed by atoms with van der Waals surface area (Å²) in [5.41, 5.74) is 12.7. The number of ether oxygens (including phenoxy) is 1. The summed E-state index contributed by atoms with van der Waals surface area (Å²) in [5, 5.41) is 12.3. The lowest BCUT2D eigenvalue weighted by Crippen LogP contribution is -2.17. The van der Waals surface area contributed by atoms with Crippen LogP contribution in [0.5, 0.6) is 5.75 Å². The van der Waals surface area contributed by atoms with E-state index in [-0.39, 0.29) is 17.4 Å². The Labute approximate surface area is 250 Å². The summed E-state index contributed by atoms with van der Waals surface area (Å²) >= 11 is 0. The van der Waals surface area contributed by atoms with Crippen molar-refractivity contribution >= 4 is 27.4 Å². The SMILES string of the molecule is CC1(C)c2ccccc2-c2cc3c(cc21)OC1C=CC(c2cc(C#N)ccc2-n2c4ccccc4c4ccccc42)=CC31. The third-order valence-corrected chi connectivity index (χ3v) is 9.77. The van der Waals surface area contributed by atoms with Crippen molar-refractivity contribution in [3.63, 3.8) is 0 Å². The molecule has 2 atom stereocenters. The summed E-state index contributed by atoms with van der Waals surface area (Å²) in [7, 11) is 0. The summed E-state index contributed by atoms with van der Waals surface area (Å²) in [6.07, 6.45) is 6.67. The molecule has 6 aromatic rings. The van der Waals surface area contributed by atoms with E-state index in [1.165, 1.54) is 38.6 Å². The van der Waals surface area contributed by atoms with Crippen LogP contribution in [0.1, 0.15) is 47.6 Å². The molecule has 3 aliphatic rings. The largest absolute Gasteiger partial charge is 0.485 e. The minimum atomic E-state index is -0.0656. The number of rotatable bonds is 2. The Morgan fingerprint density at radius 2 is 1.47 bits per heavy atom. The quantitative estimate of drug-likeness (QED) is 0.215. The Morgan fingerprint density at radius 3 is 2.23 bits per heavy atom. The van der Waals surface area contributed by atoms with Crippen LogP contribution in [0.25, 0.3) is 44.2 Å². The molecule has 0 amide bonds. The molecular weight excluding hydrogens is 524 g/mol. The van der Waals surface area contributed by atoms with E-state index in [0.717, 1.165) is 33.6 Å². The Hall–Kier alpha value is -5.33. The van der Waals surface area contributed by atoms with Crippen LogP contribution in [0.2, 0.25) is 0 Å². The highest BCUT2D eigenvalue weighted by Crippen LogP contribution is 2.54. The number of allylic oxidation sites excluding steroid dienone is 2. The van der Waals surface area contributed by atoms with Gasteiger partial charge in [0.15, 0.2) is 0 Å². The first-order valence-corrected chi connectivity index (χ1v) is 14.9. The molecule has 0 saturated carbocycles. The van der Waals surface area contributed by atoms with Crippen LogP contribution < -0.4 is 4.74 Å². The summed E-state index contributed by atoms with van der Waals surface area (Å²) in [4.78, 5) is 0. The maximum atomic E-state index is 9.90. The Balaban J connectivity index is 1.23. The van der Waals surface area contributed by atoms with E-state index in [2.05, 4.69) is 134 Å². The van der Waals surface area contributed by atoms with Crippen molar-refractivity contribution in [1.29, 1.82) is 5.26 Å². The number of nitrogens with zero attached hydrogens (tertiary/aromatic N) is 2. The van der Waals surface area contributed by atoms with Crippen molar-refractivity contribution in [2.24, 2.45) is 0 Å². The average molecular weight is 553 g/mol. The standard InChI is InChI=1S/C40H28N2O/c1-40(2)33-12-6-3-9-26(33)30-21-32-31-20-25(16-18-38(31)43-39(32)22-34(30)40)29-19-24(23-41)15-17-37(29)42-35-13-7-4-10-27(35)28-11-5-8-14-36(28)42/h3-22,31,38H,1-2H3. The van der Waals surface area contributed by atoms with Crippen molar-refractivity contribution < 1.29 is 4.74 Å². The van der Waals surface area contributed by atoms with Crippen molar-refractivity contribution in [2.45, 2.75) is 31.3 Å². The molecule has 0 fully saturated rings. The third kappa shape index (κ3) is 3.29. The molecule has 0 saturated heterocycles. The molecule has 0 bridgehead atoms. The van der Waals surface area contributed by atoms with Crippen molar-refractivity contribution in [3.8, 4) is 28.6 Å². The Bertz CT molecular complexity index is 2220. The van der Waals surface area contributed by atoms with Crippen LogP contribution >= 0.6 is 0 Å². The lowest BCUT2D eigenvalue weighted by molar-refractivity contribution is 0.269. The van der Waals surface area contributed by atoms with E-state index in [9.17, 15) is 5.26 Å². The number of benzene rings is 5. The molecule has 3 heteroatoms. The van der Waals surface area contributed by atoms with Crippen LogP contribution in [0, 0.1) is 11.3 Å². The van der Waals surface area contributed by atoms with Gasteiger partial charge in [-0.3, -0.25) is 0 Å². The number of hydrogen-bond donors (Lipinski definition) is 0. The molecule has 1 aromatic heterocycles. The first-order chi connectivity index (χ1) is 21.0. The maximum Gasteiger partial charge on any atom is 0.128 e. The second-order valence-electron chi connectivity index (χ2n) is 12.4. The van der Waals surface area contributed by atoms with Gasteiger partial charge in [0.25, 0.3) is 0 Å². The lowest BCUT2D eigenvalue weighted by Gasteiger charge is -2.21. The maximum absolute atomic E-state index is 9.90. The monoisotopic (exact) mass is 552 g/mol. The van der Waals surface area contributed by atoms with E-state index in [0.29, 0.717) is 5.56 Å². The van der Waals surface area contributed by atoms with Gasteiger partial charge in [-0.1, -0.05) is 86.7 Å². The molecule has 43 heavy (non-hydrogen) atoms. The van der Waals surface area contributed by atoms with Gasteiger partial charge in [-0.25, -0.2) is 0 Å². The van der Waals surface area contributed by atoms with Gasteiger partial charge in [-0.15, -0.1) is 0 Å². The topological polar surface area (TPSA) is 37.9 Å². The molecule has 2 heterocycles. The van der Waals surface area contributed by atoms with Crippen LogP contribution in [0.15, 0.2) is 121 Å². The smallest absolute Gasteiger partial charge is 0.128 e. The minimum absolute atomic E-state index is 0.0459. The van der Waals surface area contributed by atoms with Crippen LogP contribution in [0.3, 0.4) is 0 Å². The first-order valence-electron chi connectivity index (χ1n) is 14.9. The predicted octanol–water partition coefficient (Wildman–Crippen LogP) is 9.46. The molecule has 2 aliphatic carbocycles. The fourth-order valence-corrected chi connectivity index (χ4v) is 7.69. The Kier molecular flexibility index (Phi) is 4.86. The summed E-state index contributed by atoms with van der Waals surface area (Å²) in [5.74, 6) is 1.07. The van der Waals surface area contributed by atoms with Gasteiger partial charge >= 0.3 is 0 Å². The average Bonchev–Trinajstić information content (AvgIpc) is 3.65. The van der Waals surface area contributed by atoms with Crippen molar-refractivity contribution in [1.82, 2.24) is 4.57 Å². The molecular formula is C40H28N2O. The summed E-state index contributed by atoms with van der Waals surface area (Å²) in [6.45, 7) is 4.62. The highest BCUT2D eigenvalue weighted by molar-refractivity contribution is 6.09. The highest BCUT2D eigenvalue weighted by Gasteiger charge is 2.40. The molecule has 3 nitrogen and oxygen atoms in total. The minimum Gasteiger partial charge on any atom is -0.485 e. The number of nitriles is 1. The molecule has 204 valence electrons. The normalized spacial score (nSPS) is 18.9. The molecule has 0 N–H and O–H groups in total. The zero-order valence-electron chi connectivity index (χ0n) is 24.0. The lowest BCUT2D eigenvalue weighted by atomic mass is 9.81. The molecule has 5 aromatic carbocycles.